The molecular formula is C24H27N9O5. The number of rotatable bonds is 5. The number of carbonyl (C=O) groups is 2. The molecule has 3 N–H and O–H groups in total. The average molecular weight is 522 g/mol. The number of amides is 2. The first-order valence-corrected chi connectivity index (χ1v) is 12.1. The molecule has 0 aliphatic carbocycles. The first-order valence-electron chi connectivity index (χ1n) is 12.1. The summed E-state index contributed by atoms with van der Waals surface area (Å²) in [5.41, 5.74) is 2.33. The van der Waals surface area contributed by atoms with Gasteiger partial charge in [0.1, 0.15) is 23.0 Å². The lowest BCUT2D eigenvalue weighted by Crippen LogP contribution is -2.39. The highest BCUT2D eigenvalue weighted by Crippen LogP contribution is 2.31. The number of dihydropyridines is 1. The normalized spacial score (nSPS) is 20.6. The average Bonchev–Trinajstić information content (AvgIpc) is 3.42. The number of hydrogen-bond acceptors (Lipinski definition) is 11. The lowest BCUT2D eigenvalue weighted by molar-refractivity contribution is -0.0951. The van der Waals surface area contributed by atoms with Gasteiger partial charge in [-0.2, -0.15) is 5.10 Å². The van der Waals surface area contributed by atoms with Gasteiger partial charge in [0.15, 0.2) is 18.1 Å². The number of pyridine rings is 1. The van der Waals surface area contributed by atoms with Gasteiger partial charge in [0.05, 0.1) is 25.5 Å². The van der Waals surface area contributed by atoms with Crippen LogP contribution in [-0.2, 0) is 16.0 Å². The molecule has 14 heteroatoms. The van der Waals surface area contributed by atoms with Gasteiger partial charge in [0, 0.05) is 50.7 Å². The molecule has 0 saturated carbocycles. The van der Waals surface area contributed by atoms with Gasteiger partial charge in [-0.05, 0) is 13.0 Å². The second kappa shape index (κ2) is 9.37. The number of guanidine groups is 1. The Bertz CT molecular complexity index is 1390. The molecule has 198 valence electrons. The summed E-state index contributed by atoms with van der Waals surface area (Å²) < 4.78 is 18.1. The number of aromatic nitrogens is 3. The third-order valence-electron chi connectivity index (χ3n) is 6.62. The number of fused-ring (bicyclic) bond motifs is 2. The van der Waals surface area contributed by atoms with Crippen LogP contribution in [0.4, 0.5) is 16.4 Å². The van der Waals surface area contributed by atoms with Crippen molar-refractivity contribution < 1.29 is 23.8 Å². The van der Waals surface area contributed by atoms with Gasteiger partial charge in [-0.1, -0.05) is 0 Å². The highest BCUT2D eigenvalue weighted by Gasteiger charge is 2.34. The van der Waals surface area contributed by atoms with Gasteiger partial charge in [0.25, 0.3) is 5.91 Å². The zero-order valence-electron chi connectivity index (χ0n) is 21.1. The van der Waals surface area contributed by atoms with Crippen molar-refractivity contribution in [1.82, 2.24) is 29.9 Å². The molecule has 0 aromatic carbocycles. The fraction of sp³-hybridized carbons (Fsp3) is 0.375. The van der Waals surface area contributed by atoms with Crippen LogP contribution in [0.25, 0.3) is 0 Å². The lowest BCUT2D eigenvalue weighted by Gasteiger charge is -2.26. The van der Waals surface area contributed by atoms with Crippen LogP contribution >= 0.6 is 0 Å². The number of likely N-dealkylation sites (N-methyl/N-ethyl adjacent to an activating group) is 2. The third kappa shape index (κ3) is 4.38. The smallest absolute Gasteiger partial charge is 0.413 e. The maximum Gasteiger partial charge on any atom is 0.413 e. The molecule has 4 aliphatic rings. The molecular weight excluding hydrogens is 494 g/mol. The van der Waals surface area contributed by atoms with Gasteiger partial charge < -0.3 is 34.6 Å². The van der Waals surface area contributed by atoms with Gasteiger partial charge >= 0.3 is 6.09 Å². The summed E-state index contributed by atoms with van der Waals surface area (Å²) in [5, 5.41) is 13.6. The number of aliphatic imine (C=N–C) groups is 1. The van der Waals surface area contributed by atoms with Gasteiger partial charge in [-0.15, -0.1) is 0 Å². The first-order chi connectivity index (χ1) is 18.4. The summed E-state index contributed by atoms with van der Waals surface area (Å²) in [6.45, 7) is 4.01. The molecule has 1 saturated heterocycles. The van der Waals surface area contributed by atoms with Crippen LogP contribution in [0, 0.1) is 0 Å². The number of allylic oxidation sites excluding steroid dienone is 1. The zero-order chi connectivity index (χ0) is 26.4. The quantitative estimate of drug-likeness (QED) is 0.523. The molecule has 0 bridgehead atoms. The molecule has 4 aliphatic heterocycles. The Morgan fingerprint density at radius 3 is 2.84 bits per heavy atom. The summed E-state index contributed by atoms with van der Waals surface area (Å²) >= 11 is 0. The topological polar surface area (TPSA) is 147 Å². The number of hydrogen-bond donors (Lipinski definition) is 3. The Balaban J connectivity index is 1.13. The van der Waals surface area contributed by atoms with E-state index in [-0.39, 0.29) is 18.2 Å². The predicted molar refractivity (Wildman–Crippen MR) is 135 cm³/mol. The molecule has 38 heavy (non-hydrogen) atoms. The highest BCUT2D eigenvalue weighted by molar-refractivity contribution is 5.98. The number of nitrogens with one attached hydrogen (secondary N) is 3. The largest absolute Gasteiger partial charge is 0.455 e. The minimum absolute atomic E-state index is 0.0577. The molecule has 1 atom stereocenters. The van der Waals surface area contributed by atoms with Crippen molar-refractivity contribution in [3.8, 4) is 5.75 Å². The second-order valence-corrected chi connectivity index (χ2v) is 9.26. The molecule has 6 heterocycles. The monoisotopic (exact) mass is 521 g/mol. The fourth-order valence-electron chi connectivity index (χ4n) is 4.47. The van der Waals surface area contributed by atoms with E-state index in [1.54, 1.807) is 47.2 Å². The van der Waals surface area contributed by atoms with Crippen LogP contribution in [0.2, 0.25) is 0 Å². The Morgan fingerprint density at radius 1 is 1.21 bits per heavy atom. The molecule has 1 fully saturated rings. The summed E-state index contributed by atoms with van der Waals surface area (Å²) in [4.78, 5) is 36.9. The summed E-state index contributed by atoms with van der Waals surface area (Å²) in [5.74, 6) is 2.48. The van der Waals surface area contributed by atoms with Crippen molar-refractivity contribution in [3.63, 3.8) is 0 Å². The van der Waals surface area contributed by atoms with E-state index >= 15 is 0 Å². The van der Waals surface area contributed by atoms with Crippen LogP contribution < -0.4 is 20.7 Å². The van der Waals surface area contributed by atoms with E-state index in [0.29, 0.717) is 61.1 Å². The summed E-state index contributed by atoms with van der Waals surface area (Å²) in [7, 11) is 3.68. The van der Waals surface area contributed by atoms with E-state index in [0.717, 1.165) is 11.3 Å². The second-order valence-electron chi connectivity index (χ2n) is 9.26. The van der Waals surface area contributed by atoms with Crippen LogP contribution in [-0.4, -0.2) is 88.6 Å². The van der Waals surface area contributed by atoms with Crippen LogP contribution in [0.1, 0.15) is 17.4 Å². The Labute approximate surface area is 217 Å². The van der Waals surface area contributed by atoms with Crippen molar-refractivity contribution in [2.24, 2.45) is 4.99 Å². The van der Waals surface area contributed by atoms with E-state index in [2.05, 4.69) is 26.0 Å². The summed E-state index contributed by atoms with van der Waals surface area (Å²) in [6.07, 6.45) is 2.16. The van der Waals surface area contributed by atoms with Crippen molar-refractivity contribution >= 4 is 29.6 Å². The molecule has 2 aromatic rings. The zero-order valence-corrected chi connectivity index (χ0v) is 21.1. The minimum atomic E-state index is -0.595. The maximum atomic E-state index is 12.4. The van der Waals surface area contributed by atoms with E-state index in [1.807, 2.05) is 18.9 Å². The summed E-state index contributed by atoms with van der Waals surface area (Å²) in [6, 6.07) is 5.05. The van der Waals surface area contributed by atoms with Crippen molar-refractivity contribution in [1.29, 1.82) is 0 Å². The Kier molecular flexibility index (Phi) is 5.87. The Morgan fingerprint density at radius 2 is 2.05 bits per heavy atom. The molecule has 0 radical (unpaired) electrons. The van der Waals surface area contributed by atoms with Crippen molar-refractivity contribution in [3.05, 3.63) is 53.3 Å². The van der Waals surface area contributed by atoms with E-state index in [4.69, 9.17) is 19.2 Å². The minimum Gasteiger partial charge on any atom is -0.455 e. The number of carbonyl (C=O) groups excluding carboxylic acids is 2. The van der Waals surface area contributed by atoms with Gasteiger partial charge in [-0.25, -0.2) is 14.8 Å². The van der Waals surface area contributed by atoms with E-state index < -0.39 is 6.09 Å². The fourth-order valence-corrected chi connectivity index (χ4v) is 4.47. The molecule has 0 spiro atoms. The number of nitrogens with zero attached hydrogens (tertiary/aromatic N) is 6. The number of ether oxygens (including phenoxy) is 3. The first kappa shape index (κ1) is 23.8. The van der Waals surface area contributed by atoms with Crippen molar-refractivity contribution in [2.75, 3.05) is 44.5 Å². The van der Waals surface area contributed by atoms with Crippen molar-refractivity contribution in [2.45, 2.75) is 25.7 Å². The Hall–Kier alpha value is -4.59. The molecule has 1 unspecified atom stereocenters. The van der Waals surface area contributed by atoms with E-state index in [1.165, 1.54) is 0 Å². The highest BCUT2D eigenvalue weighted by atomic mass is 16.6. The van der Waals surface area contributed by atoms with Crippen LogP contribution in [0.15, 0.2) is 52.6 Å². The van der Waals surface area contributed by atoms with E-state index in [9.17, 15) is 9.59 Å². The van der Waals surface area contributed by atoms with Gasteiger partial charge in [-0.3, -0.25) is 14.8 Å². The molecule has 14 nitrogen and oxygen atoms in total. The van der Waals surface area contributed by atoms with Crippen LogP contribution in [0.5, 0.6) is 5.75 Å². The maximum absolute atomic E-state index is 12.4. The standard InChI is InChI=1S/C24H27N9O5/c1-13-17(37-14-4-5-25-18(8-14)28-24(35)38-15-11-36-12-15)10-26-21-20(13)32(3)23(29-21)27-19-9-16-22(34)31(2)6-7-33(16)30-19/h4-5,8-10,15,21,26H,6-7,11-12H2,1-3H3,(H,25,28,35)(H,27,29,30). The van der Waals surface area contributed by atoms with Gasteiger partial charge in [0.2, 0.25) is 5.96 Å². The number of anilines is 2. The predicted octanol–water partition coefficient (Wildman–Crippen LogP) is 1.15. The van der Waals surface area contributed by atoms with Crippen LogP contribution in [0.3, 0.4) is 0 Å². The third-order valence-corrected chi connectivity index (χ3v) is 6.62. The lowest BCUT2D eigenvalue weighted by atomic mass is 10.1. The SMILES string of the molecule is CC1=C2C(N=C(Nc3cc4n(n3)CCN(C)C4=O)N2C)NC=C1Oc1ccnc(NC(=O)OC2COC2)c1. The molecule has 6 rings (SSSR count). The molecule has 2 aromatic heterocycles. The molecule has 2 amide bonds.